The Morgan fingerprint density at radius 1 is 1.20 bits per heavy atom. The summed E-state index contributed by atoms with van der Waals surface area (Å²) in [6.07, 6.45) is 1.06. The van der Waals surface area contributed by atoms with E-state index in [0.29, 0.717) is 22.9 Å². The van der Waals surface area contributed by atoms with E-state index in [-0.39, 0.29) is 17.6 Å². The molecule has 2 aromatic carbocycles. The average Bonchev–Trinajstić information content (AvgIpc) is 3.12. The van der Waals surface area contributed by atoms with Gasteiger partial charge in [0.25, 0.3) is 11.1 Å². The summed E-state index contributed by atoms with van der Waals surface area (Å²) in [5.74, 6) is 0.885. The zero-order valence-corrected chi connectivity index (χ0v) is 18.3. The molecule has 158 valence electrons. The molecule has 1 N–H and O–H groups in total. The fourth-order valence-corrected chi connectivity index (χ4v) is 3.89. The molecule has 0 radical (unpaired) electrons. The molecule has 0 aliphatic rings. The Morgan fingerprint density at radius 3 is 2.60 bits per heavy atom. The third-order valence-electron chi connectivity index (χ3n) is 3.92. The van der Waals surface area contributed by atoms with Gasteiger partial charge in [0.15, 0.2) is 12.4 Å². The number of hydrogen-bond donors (Lipinski definition) is 1. The predicted octanol–water partition coefficient (Wildman–Crippen LogP) is 3.69. The average molecular weight is 448 g/mol. The van der Waals surface area contributed by atoms with Crippen molar-refractivity contribution >= 4 is 33.3 Å². The summed E-state index contributed by atoms with van der Waals surface area (Å²) in [6.45, 7) is 3.85. The largest absolute Gasteiger partial charge is 0.484 e. The number of ether oxygens (including phenoxy) is 1. The maximum atomic E-state index is 12.6. The maximum absolute atomic E-state index is 12.6. The van der Waals surface area contributed by atoms with Gasteiger partial charge in [0, 0.05) is 11.3 Å². The summed E-state index contributed by atoms with van der Waals surface area (Å²) < 4.78 is 36.1. The van der Waals surface area contributed by atoms with Crippen LogP contribution in [0, 0.1) is 6.92 Å². The number of nitrogens with one attached hydrogen (secondary N) is 1. The molecule has 30 heavy (non-hydrogen) atoms. The topological polar surface area (TPSA) is 111 Å². The number of hydrogen-bond acceptors (Lipinski definition) is 8. The standard InChI is InChI=1S/C20H21N3O5S2/c1-13-5-4-6-17(11-13)27-12-18-21-22-20(28-18)29-14(2)19(24)15-7-9-16(10-8-15)23-30(3,25)26/h4-11,14,23H,12H2,1-3H3. The summed E-state index contributed by atoms with van der Waals surface area (Å²) in [4.78, 5) is 12.6. The highest BCUT2D eigenvalue weighted by molar-refractivity contribution is 8.00. The van der Waals surface area contributed by atoms with Crippen LogP contribution in [0.4, 0.5) is 5.69 Å². The van der Waals surface area contributed by atoms with E-state index in [0.717, 1.165) is 23.6 Å². The van der Waals surface area contributed by atoms with Crippen LogP contribution in [0.2, 0.25) is 0 Å². The summed E-state index contributed by atoms with van der Waals surface area (Å²) in [5.41, 5.74) is 1.93. The second-order valence-electron chi connectivity index (χ2n) is 6.64. The summed E-state index contributed by atoms with van der Waals surface area (Å²) >= 11 is 1.15. The molecule has 0 saturated heterocycles. The van der Waals surface area contributed by atoms with Crippen molar-refractivity contribution in [1.82, 2.24) is 10.2 Å². The molecule has 10 heteroatoms. The summed E-state index contributed by atoms with van der Waals surface area (Å²) in [7, 11) is -3.37. The molecular formula is C20H21N3O5S2. The van der Waals surface area contributed by atoms with Crippen LogP contribution in [-0.4, -0.2) is 35.9 Å². The van der Waals surface area contributed by atoms with Gasteiger partial charge >= 0.3 is 0 Å². The lowest BCUT2D eigenvalue weighted by molar-refractivity contribution is 0.0993. The number of aromatic nitrogens is 2. The molecule has 3 aromatic rings. The van der Waals surface area contributed by atoms with E-state index in [4.69, 9.17) is 9.15 Å². The number of anilines is 1. The minimum atomic E-state index is -3.37. The predicted molar refractivity (Wildman–Crippen MR) is 114 cm³/mol. The van der Waals surface area contributed by atoms with Gasteiger partial charge < -0.3 is 9.15 Å². The van der Waals surface area contributed by atoms with E-state index >= 15 is 0 Å². The van der Waals surface area contributed by atoms with Gasteiger partial charge in [-0.1, -0.05) is 23.9 Å². The Kier molecular flexibility index (Phi) is 6.78. The van der Waals surface area contributed by atoms with Crippen LogP contribution in [-0.2, 0) is 16.6 Å². The molecule has 8 nitrogen and oxygen atoms in total. The molecule has 0 saturated carbocycles. The number of aryl methyl sites for hydroxylation is 1. The number of benzene rings is 2. The number of sulfonamides is 1. The fraction of sp³-hybridized carbons (Fsp3) is 0.250. The Labute approximate surface area is 179 Å². The van der Waals surface area contributed by atoms with E-state index in [2.05, 4.69) is 14.9 Å². The second kappa shape index (κ2) is 9.31. The van der Waals surface area contributed by atoms with Crippen molar-refractivity contribution in [2.24, 2.45) is 0 Å². The van der Waals surface area contributed by atoms with Gasteiger partial charge in [0.05, 0.1) is 11.5 Å². The van der Waals surface area contributed by atoms with Crippen LogP contribution in [0.15, 0.2) is 58.2 Å². The monoisotopic (exact) mass is 447 g/mol. The highest BCUT2D eigenvalue weighted by Crippen LogP contribution is 2.25. The van der Waals surface area contributed by atoms with Crippen molar-refractivity contribution in [3.63, 3.8) is 0 Å². The third kappa shape index (κ3) is 6.33. The molecule has 0 aliphatic heterocycles. The van der Waals surface area contributed by atoms with Gasteiger partial charge in [-0.05, 0) is 55.8 Å². The molecule has 0 fully saturated rings. The Hall–Kier alpha value is -2.85. The Bertz CT molecular complexity index is 1130. The normalized spacial score (nSPS) is 12.4. The zero-order valence-electron chi connectivity index (χ0n) is 16.7. The van der Waals surface area contributed by atoms with Crippen LogP contribution in [0.5, 0.6) is 5.75 Å². The van der Waals surface area contributed by atoms with Gasteiger partial charge in [0.1, 0.15) is 5.75 Å². The highest BCUT2D eigenvalue weighted by Gasteiger charge is 2.20. The number of thioether (sulfide) groups is 1. The second-order valence-corrected chi connectivity index (χ2v) is 9.68. The number of Topliss-reactive ketones (excluding diaryl/α,β-unsaturated/α-hetero) is 1. The quantitative estimate of drug-likeness (QED) is 0.390. The van der Waals surface area contributed by atoms with Crippen molar-refractivity contribution in [1.29, 1.82) is 0 Å². The summed E-state index contributed by atoms with van der Waals surface area (Å²) in [5, 5.41) is 7.70. The van der Waals surface area contributed by atoms with Crippen LogP contribution < -0.4 is 9.46 Å². The lowest BCUT2D eigenvalue weighted by atomic mass is 10.1. The highest BCUT2D eigenvalue weighted by atomic mass is 32.2. The van der Waals surface area contributed by atoms with Crippen LogP contribution in [0.25, 0.3) is 0 Å². The Morgan fingerprint density at radius 2 is 1.93 bits per heavy atom. The first kappa shape index (κ1) is 21.8. The minimum absolute atomic E-state index is 0.133. The molecule has 1 atom stereocenters. The minimum Gasteiger partial charge on any atom is -0.484 e. The van der Waals surface area contributed by atoms with Crippen molar-refractivity contribution in [3.8, 4) is 5.75 Å². The van der Waals surface area contributed by atoms with E-state index in [1.54, 1.807) is 31.2 Å². The van der Waals surface area contributed by atoms with Crippen molar-refractivity contribution in [3.05, 3.63) is 65.5 Å². The molecular weight excluding hydrogens is 426 g/mol. The molecule has 1 heterocycles. The van der Waals surface area contributed by atoms with Crippen molar-refractivity contribution < 1.29 is 22.4 Å². The van der Waals surface area contributed by atoms with Crippen LogP contribution in [0.3, 0.4) is 0 Å². The van der Waals surface area contributed by atoms with Gasteiger partial charge in [-0.25, -0.2) is 8.42 Å². The molecule has 1 aromatic heterocycles. The lowest BCUT2D eigenvalue weighted by Gasteiger charge is -2.09. The lowest BCUT2D eigenvalue weighted by Crippen LogP contribution is -2.14. The first-order valence-electron chi connectivity index (χ1n) is 9.00. The first-order valence-corrected chi connectivity index (χ1v) is 11.8. The Balaban J connectivity index is 1.56. The first-order chi connectivity index (χ1) is 14.2. The number of carbonyl (C=O) groups is 1. The molecule has 1 unspecified atom stereocenters. The van der Waals surface area contributed by atoms with Gasteiger partial charge in [-0.3, -0.25) is 9.52 Å². The number of rotatable bonds is 9. The van der Waals surface area contributed by atoms with Crippen LogP contribution in [0.1, 0.15) is 28.7 Å². The smallest absolute Gasteiger partial charge is 0.277 e. The van der Waals surface area contributed by atoms with Gasteiger partial charge in [-0.15, -0.1) is 10.2 Å². The maximum Gasteiger partial charge on any atom is 0.277 e. The molecule has 0 amide bonds. The molecule has 3 rings (SSSR count). The van der Waals surface area contributed by atoms with E-state index < -0.39 is 15.3 Å². The number of ketones is 1. The fourth-order valence-electron chi connectivity index (χ4n) is 2.55. The van der Waals surface area contributed by atoms with Crippen molar-refractivity contribution in [2.75, 3.05) is 11.0 Å². The molecule has 0 aliphatic carbocycles. The number of nitrogens with zero attached hydrogens (tertiary/aromatic N) is 2. The van der Waals surface area contributed by atoms with E-state index in [9.17, 15) is 13.2 Å². The zero-order chi connectivity index (χ0) is 21.7. The number of carbonyl (C=O) groups excluding carboxylic acids is 1. The van der Waals surface area contributed by atoms with Gasteiger partial charge in [0.2, 0.25) is 10.0 Å². The van der Waals surface area contributed by atoms with E-state index in [1.165, 1.54) is 0 Å². The molecule has 0 spiro atoms. The summed E-state index contributed by atoms with van der Waals surface area (Å²) in [6, 6.07) is 13.8. The SMILES string of the molecule is Cc1cccc(OCc2nnc(SC(C)C(=O)c3ccc(NS(C)(=O)=O)cc3)o2)c1. The van der Waals surface area contributed by atoms with Crippen molar-refractivity contribution in [2.45, 2.75) is 30.9 Å². The third-order valence-corrected chi connectivity index (χ3v) is 5.46. The molecule has 0 bridgehead atoms. The van der Waals surface area contributed by atoms with E-state index in [1.807, 2.05) is 31.2 Å². The van der Waals surface area contributed by atoms with Crippen LogP contribution >= 0.6 is 11.8 Å². The van der Waals surface area contributed by atoms with Gasteiger partial charge in [-0.2, -0.15) is 0 Å².